The van der Waals surface area contributed by atoms with Crippen LogP contribution in [0.3, 0.4) is 0 Å². The highest BCUT2D eigenvalue weighted by Crippen LogP contribution is 2.16. The molecule has 0 aliphatic heterocycles. The van der Waals surface area contributed by atoms with Crippen LogP contribution in [0, 0.1) is 11.3 Å². The fraction of sp³-hybridized carbons (Fsp3) is 0.471. The average Bonchev–Trinajstić information content (AvgIpc) is 3.07. The van der Waals surface area contributed by atoms with Crippen LogP contribution in [0.4, 0.5) is 0 Å². The molecular weight excluding hydrogens is 288 g/mol. The van der Waals surface area contributed by atoms with E-state index >= 15 is 0 Å². The summed E-state index contributed by atoms with van der Waals surface area (Å²) < 4.78 is 1.73. The third-order valence-electron chi connectivity index (χ3n) is 2.56. The number of nitrogens with zero attached hydrogens (tertiary/aromatic N) is 6. The molecule has 6 nitrogen and oxygen atoms in total. The molecule has 0 amide bonds. The standard InChI is InChI=1S/C12H15N5.C3H5N.C2H6/c1-8(2)10-5-11(14-6-13-10)17-12(9(3)4)15-7-16-17;1-2-3-4;1-2/h5-7,9H,1H2,2-4H3;2H2,1H3;1-2H3. The predicted octanol–water partition coefficient (Wildman–Crippen LogP) is 4.16. The molecule has 0 unspecified atom stereocenters. The van der Waals surface area contributed by atoms with Gasteiger partial charge in [0.1, 0.15) is 18.5 Å². The van der Waals surface area contributed by atoms with Crippen molar-refractivity contribution in [2.24, 2.45) is 0 Å². The van der Waals surface area contributed by atoms with Gasteiger partial charge in [-0.3, -0.25) is 0 Å². The minimum atomic E-state index is 0.292. The molecule has 0 aliphatic carbocycles. The van der Waals surface area contributed by atoms with E-state index in [0.717, 1.165) is 22.9 Å². The van der Waals surface area contributed by atoms with Crippen molar-refractivity contribution in [3.05, 3.63) is 36.8 Å². The van der Waals surface area contributed by atoms with Crippen molar-refractivity contribution in [1.82, 2.24) is 24.7 Å². The predicted molar refractivity (Wildman–Crippen MR) is 93.0 cm³/mol. The van der Waals surface area contributed by atoms with Gasteiger partial charge in [0, 0.05) is 18.4 Å². The molecule has 0 aromatic carbocycles. The Hall–Kier alpha value is -2.55. The van der Waals surface area contributed by atoms with Gasteiger partial charge in [-0.15, -0.1) is 0 Å². The van der Waals surface area contributed by atoms with Crippen molar-refractivity contribution in [3.8, 4) is 11.9 Å². The molecule has 0 N–H and O–H groups in total. The maximum atomic E-state index is 7.62. The van der Waals surface area contributed by atoms with Gasteiger partial charge in [-0.2, -0.15) is 15.0 Å². The van der Waals surface area contributed by atoms with Crippen molar-refractivity contribution in [2.45, 2.75) is 53.9 Å². The van der Waals surface area contributed by atoms with Crippen LogP contribution in [0.25, 0.3) is 11.4 Å². The Morgan fingerprint density at radius 3 is 2.35 bits per heavy atom. The van der Waals surface area contributed by atoms with Crippen LogP contribution in [0.1, 0.15) is 65.4 Å². The Morgan fingerprint density at radius 1 is 1.26 bits per heavy atom. The van der Waals surface area contributed by atoms with Gasteiger partial charge in [0.05, 0.1) is 11.8 Å². The summed E-state index contributed by atoms with van der Waals surface area (Å²) in [4.78, 5) is 12.6. The highest BCUT2D eigenvalue weighted by molar-refractivity contribution is 5.58. The Balaban J connectivity index is 0.000000705. The molecule has 0 saturated heterocycles. The molecule has 0 spiro atoms. The highest BCUT2D eigenvalue weighted by Gasteiger charge is 2.11. The van der Waals surface area contributed by atoms with Crippen LogP contribution in [0.15, 0.2) is 25.3 Å². The number of allylic oxidation sites excluding steroid dienone is 1. The van der Waals surface area contributed by atoms with Crippen molar-refractivity contribution < 1.29 is 0 Å². The molecular formula is C17H26N6. The summed E-state index contributed by atoms with van der Waals surface area (Å²) in [5.41, 5.74) is 1.72. The van der Waals surface area contributed by atoms with Gasteiger partial charge in [-0.25, -0.2) is 15.0 Å². The number of hydrogen-bond acceptors (Lipinski definition) is 5. The van der Waals surface area contributed by atoms with E-state index in [1.807, 2.05) is 39.8 Å². The van der Waals surface area contributed by atoms with Crippen LogP contribution < -0.4 is 0 Å². The van der Waals surface area contributed by atoms with Gasteiger partial charge in [0.25, 0.3) is 0 Å². The quantitative estimate of drug-likeness (QED) is 0.849. The molecule has 0 radical (unpaired) electrons. The minimum Gasteiger partial charge on any atom is -0.237 e. The normalized spacial score (nSPS) is 9.13. The third-order valence-corrected chi connectivity index (χ3v) is 2.56. The van der Waals surface area contributed by atoms with E-state index in [9.17, 15) is 0 Å². The van der Waals surface area contributed by atoms with Crippen LogP contribution in [-0.4, -0.2) is 24.7 Å². The van der Waals surface area contributed by atoms with Gasteiger partial charge in [0.15, 0.2) is 5.82 Å². The maximum Gasteiger partial charge on any atom is 0.159 e. The first-order valence-electron chi connectivity index (χ1n) is 7.76. The molecule has 0 aliphatic rings. The lowest BCUT2D eigenvalue weighted by Crippen LogP contribution is -2.07. The van der Waals surface area contributed by atoms with Gasteiger partial charge in [-0.1, -0.05) is 41.2 Å². The summed E-state index contributed by atoms with van der Waals surface area (Å²) >= 11 is 0. The number of aromatic nitrogens is 5. The fourth-order valence-electron chi connectivity index (χ4n) is 1.52. The second kappa shape index (κ2) is 11.1. The first kappa shape index (κ1) is 20.5. The molecule has 2 rings (SSSR count). The maximum absolute atomic E-state index is 7.62. The lowest BCUT2D eigenvalue weighted by molar-refractivity contribution is 0.700. The molecule has 6 heteroatoms. The SMILES string of the molecule is C=C(C)c1cc(-n2ncnc2C(C)C)ncn1.CC.CCC#N. The summed E-state index contributed by atoms with van der Waals surface area (Å²) in [5, 5.41) is 11.8. The van der Waals surface area contributed by atoms with Gasteiger partial charge in [0.2, 0.25) is 0 Å². The van der Waals surface area contributed by atoms with Gasteiger partial charge in [-0.05, 0) is 12.5 Å². The molecule has 0 saturated carbocycles. The highest BCUT2D eigenvalue weighted by atomic mass is 15.4. The van der Waals surface area contributed by atoms with Crippen molar-refractivity contribution in [2.75, 3.05) is 0 Å². The monoisotopic (exact) mass is 314 g/mol. The second-order valence-corrected chi connectivity index (χ2v) is 4.74. The molecule has 2 aromatic heterocycles. The molecule has 2 heterocycles. The van der Waals surface area contributed by atoms with Crippen LogP contribution >= 0.6 is 0 Å². The third kappa shape index (κ3) is 6.39. The Bertz CT molecular complexity index is 637. The first-order valence-corrected chi connectivity index (χ1v) is 7.76. The zero-order valence-corrected chi connectivity index (χ0v) is 14.9. The van der Waals surface area contributed by atoms with Crippen LogP contribution in [0.2, 0.25) is 0 Å². The summed E-state index contributed by atoms with van der Waals surface area (Å²) in [5.74, 6) is 1.90. The van der Waals surface area contributed by atoms with Crippen molar-refractivity contribution in [3.63, 3.8) is 0 Å². The fourth-order valence-corrected chi connectivity index (χ4v) is 1.52. The Kier molecular flexibility index (Phi) is 9.85. The molecule has 23 heavy (non-hydrogen) atoms. The lowest BCUT2D eigenvalue weighted by Gasteiger charge is -2.08. The summed E-state index contributed by atoms with van der Waals surface area (Å²) in [6.45, 7) is 15.7. The summed E-state index contributed by atoms with van der Waals surface area (Å²) in [6.07, 6.45) is 3.68. The second-order valence-electron chi connectivity index (χ2n) is 4.74. The Morgan fingerprint density at radius 2 is 1.87 bits per heavy atom. The smallest absolute Gasteiger partial charge is 0.159 e. The van der Waals surface area contributed by atoms with Crippen LogP contribution in [0.5, 0.6) is 0 Å². The topological polar surface area (TPSA) is 80.3 Å². The zero-order valence-electron chi connectivity index (χ0n) is 14.9. The molecule has 0 atom stereocenters. The lowest BCUT2D eigenvalue weighted by atomic mass is 10.2. The van der Waals surface area contributed by atoms with E-state index in [-0.39, 0.29) is 0 Å². The minimum absolute atomic E-state index is 0.292. The van der Waals surface area contributed by atoms with Crippen molar-refractivity contribution in [1.29, 1.82) is 5.26 Å². The van der Waals surface area contributed by atoms with Gasteiger partial charge >= 0.3 is 0 Å². The molecule has 124 valence electrons. The molecule has 0 bridgehead atoms. The van der Waals surface area contributed by atoms with E-state index in [1.165, 1.54) is 12.7 Å². The molecule has 2 aromatic rings. The number of nitriles is 1. The van der Waals surface area contributed by atoms with E-state index in [0.29, 0.717) is 12.3 Å². The number of hydrogen-bond donors (Lipinski definition) is 0. The largest absolute Gasteiger partial charge is 0.237 e. The van der Waals surface area contributed by atoms with E-state index in [2.05, 4.69) is 40.5 Å². The zero-order chi connectivity index (χ0) is 17.8. The summed E-state index contributed by atoms with van der Waals surface area (Å²) in [6, 6.07) is 3.79. The number of rotatable bonds is 3. The van der Waals surface area contributed by atoms with E-state index in [4.69, 9.17) is 5.26 Å². The summed E-state index contributed by atoms with van der Waals surface area (Å²) in [7, 11) is 0. The van der Waals surface area contributed by atoms with Gasteiger partial charge < -0.3 is 0 Å². The Labute approximate surface area is 138 Å². The first-order chi connectivity index (χ1) is 11.0. The average molecular weight is 314 g/mol. The molecule has 0 fully saturated rings. The van der Waals surface area contributed by atoms with E-state index in [1.54, 1.807) is 4.68 Å². The van der Waals surface area contributed by atoms with E-state index < -0.39 is 0 Å². The van der Waals surface area contributed by atoms with Crippen LogP contribution in [-0.2, 0) is 0 Å². The van der Waals surface area contributed by atoms with Crippen molar-refractivity contribution >= 4 is 5.57 Å².